The average Bonchev–Trinajstić information content (AvgIpc) is 2.30. The maximum absolute atomic E-state index is 5.75. The number of aromatic nitrogens is 1. The van der Waals surface area contributed by atoms with Gasteiger partial charge in [0.25, 0.3) is 0 Å². The van der Waals surface area contributed by atoms with Crippen LogP contribution in [0.5, 0.6) is 5.75 Å². The van der Waals surface area contributed by atoms with Gasteiger partial charge in [0, 0.05) is 6.20 Å². The van der Waals surface area contributed by atoms with Gasteiger partial charge in [0.1, 0.15) is 6.61 Å². The number of anilines is 1. The molecule has 1 heterocycles. The third-order valence-corrected chi connectivity index (χ3v) is 3.01. The lowest BCUT2D eigenvalue weighted by Crippen LogP contribution is -2.03. The number of nitrogens with two attached hydrogens (primary N) is 1. The molecule has 2 N–H and O–H groups in total. The van der Waals surface area contributed by atoms with E-state index in [4.69, 9.17) is 10.5 Å². The first kappa shape index (κ1) is 12.4. The second-order valence-corrected chi connectivity index (χ2v) is 4.55. The molecule has 3 heteroatoms. The van der Waals surface area contributed by atoms with Gasteiger partial charge in [-0.1, -0.05) is 17.7 Å². The van der Waals surface area contributed by atoms with E-state index < -0.39 is 0 Å². The lowest BCUT2D eigenvalue weighted by Gasteiger charge is -2.13. The Bertz CT molecular complexity index is 541. The monoisotopic (exact) mass is 242 g/mol. The zero-order valence-corrected chi connectivity index (χ0v) is 11.0. The molecule has 0 aliphatic carbocycles. The predicted molar refractivity (Wildman–Crippen MR) is 73.6 cm³/mol. The highest BCUT2D eigenvalue weighted by Gasteiger charge is 2.06. The number of benzene rings is 1. The number of hydrogen-bond acceptors (Lipinski definition) is 3. The van der Waals surface area contributed by atoms with Crippen LogP contribution in [-0.2, 0) is 6.61 Å². The summed E-state index contributed by atoms with van der Waals surface area (Å²) in [6, 6.07) is 7.98. The normalized spacial score (nSPS) is 10.4. The zero-order chi connectivity index (χ0) is 13.1. The summed E-state index contributed by atoms with van der Waals surface area (Å²) < 4.78 is 5.74. The van der Waals surface area contributed by atoms with Crippen LogP contribution in [0.25, 0.3) is 0 Å². The van der Waals surface area contributed by atoms with Crippen molar-refractivity contribution < 1.29 is 4.74 Å². The standard InChI is InChI=1S/C15H18N2O/c1-10-7-11(2)13(12(3)8-10)9-18-14-5-4-6-17-15(14)16/h4-8H,9H2,1-3H3,(H2,16,17). The van der Waals surface area contributed by atoms with Gasteiger partial charge in [-0.15, -0.1) is 0 Å². The SMILES string of the molecule is Cc1cc(C)c(COc2cccnc2N)c(C)c1. The van der Waals surface area contributed by atoms with Crippen LogP contribution in [0.3, 0.4) is 0 Å². The van der Waals surface area contributed by atoms with Crippen molar-refractivity contribution >= 4 is 5.82 Å². The molecule has 0 radical (unpaired) electrons. The van der Waals surface area contributed by atoms with E-state index >= 15 is 0 Å². The fraction of sp³-hybridized carbons (Fsp3) is 0.267. The molecule has 2 rings (SSSR count). The van der Waals surface area contributed by atoms with Crippen LogP contribution in [0.1, 0.15) is 22.3 Å². The van der Waals surface area contributed by atoms with Gasteiger partial charge in [0.2, 0.25) is 0 Å². The second-order valence-electron chi connectivity index (χ2n) is 4.55. The molecule has 0 saturated heterocycles. The van der Waals surface area contributed by atoms with Gasteiger partial charge in [-0.3, -0.25) is 0 Å². The van der Waals surface area contributed by atoms with Crippen molar-refractivity contribution in [1.82, 2.24) is 4.98 Å². The summed E-state index contributed by atoms with van der Waals surface area (Å²) in [5.74, 6) is 1.07. The van der Waals surface area contributed by atoms with Crippen LogP contribution >= 0.6 is 0 Å². The van der Waals surface area contributed by atoms with Gasteiger partial charge in [-0.2, -0.15) is 0 Å². The maximum Gasteiger partial charge on any atom is 0.166 e. The molecule has 0 atom stereocenters. The highest BCUT2D eigenvalue weighted by atomic mass is 16.5. The van der Waals surface area contributed by atoms with Gasteiger partial charge < -0.3 is 10.5 Å². The molecule has 0 bridgehead atoms. The molecule has 0 unspecified atom stereocenters. The smallest absolute Gasteiger partial charge is 0.166 e. The summed E-state index contributed by atoms with van der Waals surface area (Å²) in [6.07, 6.45) is 1.66. The van der Waals surface area contributed by atoms with Crippen molar-refractivity contribution in [3.63, 3.8) is 0 Å². The fourth-order valence-corrected chi connectivity index (χ4v) is 2.11. The maximum atomic E-state index is 5.75. The van der Waals surface area contributed by atoms with Crippen molar-refractivity contribution in [2.24, 2.45) is 0 Å². The molecule has 3 nitrogen and oxygen atoms in total. The van der Waals surface area contributed by atoms with Gasteiger partial charge in [0.05, 0.1) is 0 Å². The van der Waals surface area contributed by atoms with Crippen LogP contribution < -0.4 is 10.5 Å². The first-order valence-electron chi connectivity index (χ1n) is 5.98. The number of nitrogens with zero attached hydrogens (tertiary/aromatic N) is 1. The molecule has 18 heavy (non-hydrogen) atoms. The number of hydrogen-bond donors (Lipinski definition) is 1. The summed E-state index contributed by atoms with van der Waals surface area (Å²) in [5, 5.41) is 0. The molecule has 1 aromatic carbocycles. The molecular formula is C15H18N2O. The van der Waals surface area contributed by atoms with E-state index in [0.29, 0.717) is 18.2 Å². The molecular weight excluding hydrogens is 224 g/mol. The minimum Gasteiger partial charge on any atom is -0.485 e. The van der Waals surface area contributed by atoms with E-state index in [-0.39, 0.29) is 0 Å². The third kappa shape index (κ3) is 2.62. The summed E-state index contributed by atoms with van der Waals surface area (Å²) in [4.78, 5) is 4.00. The lowest BCUT2D eigenvalue weighted by atomic mass is 10.0. The summed E-state index contributed by atoms with van der Waals surface area (Å²) >= 11 is 0. The highest BCUT2D eigenvalue weighted by molar-refractivity contribution is 5.45. The highest BCUT2D eigenvalue weighted by Crippen LogP contribution is 2.22. The van der Waals surface area contributed by atoms with Crippen molar-refractivity contribution in [2.75, 3.05) is 5.73 Å². The molecule has 0 aliphatic rings. The Balaban J connectivity index is 2.19. The minimum atomic E-state index is 0.430. The first-order chi connectivity index (χ1) is 8.58. The van der Waals surface area contributed by atoms with Gasteiger partial charge in [0.15, 0.2) is 11.6 Å². The predicted octanol–water partition coefficient (Wildman–Crippen LogP) is 3.17. The Kier molecular flexibility index (Phi) is 3.51. The molecule has 94 valence electrons. The van der Waals surface area contributed by atoms with Crippen LogP contribution in [0.4, 0.5) is 5.82 Å². The van der Waals surface area contributed by atoms with E-state index in [2.05, 4.69) is 37.9 Å². The number of pyridine rings is 1. The number of aryl methyl sites for hydroxylation is 3. The Morgan fingerprint density at radius 1 is 1.17 bits per heavy atom. The molecule has 0 fully saturated rings. The number of nitrogen functional groups attached to an aromatic ring is 1. The van der Waals surface area contributed by atoms with Gasteiger partial charge in [-0.25, -0.2) is 4.98 Å². The molecule has 2 aromatic rings. The molecule has 0 spiro atoms. The average molecular weight is 242 g/mol. The Hall–Kier alpha value is -2.03. The van der Waals surface area contributed by atoms with Gasteiger partial charge >= 0.3 is 0 Å². The van der Waals surface area contributed by atoms with Crippen LogP contribution in [0.2, 0.25) is 0 Å². The summed E-state index contributed by atoms with van der Waals surface area (Å²) in [6.45, 7) is 6.83. The third-order valence-electron chi connectivity index (χ3n) is 3.01. The first-order valence-corrected chi connectivity index (χ1v) is 5.98. The lowest BCUT2D eigenvalue weighted by molar-refractivity contribution is 0.305. The molecule has 0 aliphatic heterocycles. The Morgan fingerprint density at radius 2 is 1.83 bits per heavy atom. The van der Waals surface area contributed by atoms with E-state index in [9.17, 15) is 0 Å². The van der Waals surface area contributed by atoms with Crippen molar-refractivity contribution in [2.45, 2.75) is 27.4 Å². The zero-order valence-electron chi connectivity index (χ0n) is 11.0. The van der Waals surface area contributed by atoms with Gasteiger partial charge in [-0.05, 0) is 49.6 Å². The number of ether oxygens (including phenoxy) is 1. The minimum absolute atomic E-state index is 0.430. The van der Waals surface area contributed by atoms with Crippen molar-refractivity contribution in [3.05, 3.63) is 52.7 Å². The van der Waals surface area contributed by atoms with E-state index in [1.807, 2.05) is 12.1 Å². The quantitative estimate of drug-likeness (QED) is 0.899. The Morgan fingerprint density at radius 3 is 2.44 bits per heavy atom. The topological polar surface area (TPSA) is 48.1 Å². The summed E-state index contributed by atoms with van der Waals surface area (Å²) in [5.41, 5.74) is 10.7. The van der Waals surface area contributed by atoms with E-state index in [1.54, 1.807) is 6.20 Å². The largest absolute Gasteiger partial charge is 0.485 e. The molecule has 0 saturated carbocycles. The fourth-order valence-electron chi connectivity index (χ4n) is 2.11. The van der Waals surface area contributed by atoms with E-state index in [1.165, 1.54) is 22.3 Å². The molecule has 1 aromatic heterocycles. The molecule has 0 amide bonds. The van der Waals surface area contributed by atoms with Crippen LogP contribution in [-0.4, -0.2) is 4.98 Å². The van der Waals surface area contributed by atoms with E-state index in [0.717, 1.165) is 0 Å². The van der Waals surface area contributed by atoms with Crippen molar-refractivity contribution in [1.29, 1.82) is 0 Å². The summed E-state index contributed by atoms with van der Waals surface area (Å²) in [7, 11) is 0. The van der Waals surface area contributed by atoms with Crippen LogP contribution in [0, 0.1) is 20.8 Å². The second kappa shape index (κ2) is 5.08. The van der Waals surface area contributed by atoms with Crippen molar-refractivity contribution in [3.8, 4) is 5.75 Å². The van der Waals surface area contributed by atoms with Crippen LogP contribution in [0.15, 0.2) is 30.5 Å². The Labute approximate surface area is 108 Å². The number of rotatable bonds is 3.